The number of benzene rings is 1. The lowest BCUT2D eigenvalue weighted by Crippen LogP contribution is -2.51. The first kappa shape index (κ1) is 21.5. The Morgan fingerprint density at radius 1 is 1.36 bits per heavy atom. The first-order chi connectivity index (χ1) is 16.0. The van der Waals surface area contributed by atoms with Crippen molar-refractivity contribution in [2.45, 2.75) is 50.6 Å². The van der Waals surface area contributed by atoms with Crippen LogP contribution in [0.4, 0.5) is 0 Å². The molecule has 33 heavy (non-hydrogen) atoms. The number of H-pyrrole nitrogens is 1. The molecule has 1 aliphatic heterocycles. The van der Waals surface area contributed by atoms with Gasteiger partial charge < -0.3 is 19.9 Å². The number of carbonyl (C=O) groups is 3. The SMILES string of the molecule is COc1cccc2[nH]c(C(=O)N3CC4CC4C3C(=O)NC(C#N)CC3CCCCC3=O)cc12. The van der Waals surface area contributed by atoms with Gasteiger partial charge in [-0.25, -0.2) is 0 Å². The summed E-state index contributed by atoms with van der Waals surface area (Å²) in [4.78, 5) is 43.6. The van der Waals surface area contributed by atoms with Crippen LogP contribution in [0.1, 0.15) is 49.0 Å². The second-order valence-electron chi connectivity index (χ2n) is 9.50. The fourth-order valence-electron chi connectivity index (χ4n) is 5.58. The van der Waals surface area contributed by atoms with Crippen LogP contribution in [0.25, 0.3) is 10.9 Å². The number of ether oxygens (including phenoxy) is 1. The van der Waals surface area contributed by atoms with Crippen molar-refractivity contribution in [3.63, 3.8) is 0 Å². The van der Waals surface area contributed by atoms with E-state index in [0.29, 0.717) is 36.7 Å². The highest BCUT2D eigenvalue weighted by atomic mass is 16.5. The van der Waals surface area contributed by atoms with E-state index in [-0.39, 0.29) is 29.4 Å². The molecule has 2 N–H and O–H groups in total. The molecule has 1 saturated heterocycles. The second-order valence-corrected chi connectivity index (χ2v) is 9.50. The van der Waals surface area contributed by atoms with Crippen molar-refractivity contribution in [1.29, 1.82) is 5.26 Å². The van der Waals surface area contributed by atoms with Gasteiger partial charge in [0, 0.05) is 29.8 Å². The molecule has 1 aromatic carbocycles. The zero-order valence-electron chi connectivity index (χ0n) is 18.7. The van der Waals surface area contributed by atoms with E-state index < -0.39 is 12.1 Å². The van der Waals surface area contributed by atoms with E-state index in [9.17, 15) is 19.6 Å². The number of nitrogens with zero attached hydrogens (tertiary/aromatic N) is 2. The Morgan fingerprint density at radius 3 is 2.97 bits per heavy atom. The van der Waals surface area contributed by atoms with Gasteiger partial charge in [-0.1, -0.05) is 12.5 Å². The molecule has 2 aliphatic carbocycles. The van der Waals surface area contributed by atoms with Crippen molar-refractivity contribution in [3.05, 3.63) is 30.0 Å². The van der Waals surface area contributed by atoms with E-state index in [1.54, 1.807) is 18.1 Å². The Kier molecular flexibility index (Phi) is 5.57. The minimum atomic E-state index is -0.725. The summed E-state index contributed by atoms with van der Waals surface area (Å²) in [6.07, 6.45) is 4.47. The molecule has 5 atom stereocenters. The maximum absolute atomic E-state index is 13.4. The molecule has 0 bridgehead atoms. The molecule has 0 radical (unpaired) electrons. The highest BCUT2D eigenvalue weighted by Gasteiger charge is 2.57. The highest BCUT2D eigenvalue weighted by molar-refractivity contribution is 6.02. The molecule has 1 aromatic heterocycles. The average Bonchev–Trinajstić information content (AvgIpc) is 3.27. The third kappa shape index (κ3) is 3.97. The predicted octanol–water partition coefficient (Wildman–Crippen LogP) is 2.79. The molecule has 3 aliphatic rings. The Labute approximate surface area is 192 Å². The highest BCUT2D eigenvalue weighted by Crippen LogP contribution is 2.50. The number of hydrogen-bond acceptors (Lipinski definition) is 5. The average molecular weight is 449 g/mol. The molecule has 3 fully saturated rings. The number of nitriles is 1. The Bertz CT molecular complexity index is 1150. The van der Waals surface area contributed by atoms with Crippen LogP contribution in [0.2, 0.25) is 0 Å². The molecular weight excluding hydrogens is 420 g/mol. The lowest BCUT2D eigenvalue weighted by Gasteiger charge is -2.28. The molecule has 8 heteroatoms. The number of carbonyl (C=O) groups excluding carboxylic acids is 3. The fourth-order valence-corrected chi connectivity index (χ4v) is 5.58. The molecule has 2 saturated carbocycles. The molecule has 2 aromatic rings. The predicted molar refractivity (Wildman–Crippen MR) is 120 cm³/mol. The molecule has 2 heterocycles. The standard InChI is InChI=1S/C25H28N4O4/c1-33-22-8-4-6-19-18(22)11-20(28-19)25(32)29-13-15-10-17(15)23(29)24(31)27-16(12-26)9-14-5-2-3-7-21(14)30/h4,6,8,11,14-17,23,28H,2-3,5,7,9-10,13H2,1H3,(H,27,31). The van der Waals surface area contributed by atoms with Crippen molar-refractivity contribution in [1.82, 2.24) is 15.2 Å². The smallest absolute Gasteiger partial charge is 0.271 e. The number of aromatic nitrogens is 1. The number of hydrogen-bond donors (Lipinski definition) is 2. The van der Waals surface area contributed by atoms with Gasteiger partial charge in [-0.2, -0.15) is 5.26 Å². The van der Waals surface area contributed by atoms with E-state index in [2.05, 4.69) is 16.4 Å². The normalized spacial score (nSPS) is 27.0. The van der Waals surface area contributed by atoms with Gasteiger partial charge in [0.1, 0.15) is 29.3 Å². The zero-order valence-corrected chi connectivity index (χ0v) is 18.7. The second kappa shape index (κ2) is 8.54. The van der Waals surface area contributed by atoms with Crippen molar-refractivity contribution < 1.29 is 19.1 Å². The van der Waals surface area contributed by atoms with Crippen molar-refractivity contribution in [3.8, 4) is 11.8 Å². The number of rotatable bonds is 6. The van der Waals surface area contributed by atoms with Gasteiger partial charge in [-0.15, -0.1) is 0 Å². The van der Waals surface area contributed by atoms with Crippen molar-refractivity contribution >= 4 is 28.5 Å². The maximum atomic E-state index is 13.4. The Morgan fingerprint density at radius 2 is 2.21 bits per heavy atom. The van der Waals surface area contributed by atoms with Gasteiger partial charge in [0.25, 0.3) is 5.91 Å². The van der Waals surface area contributed by atoms with Crippen LogP contribution in [0.5, 0.6) is 5.75 Å². The Hall–Kier alpha value is -3.34. The molecule has 0 spiro atoms. The summed E-state index contributed by atoms with van der Waals surface area (Å²) in [6.45, 7) is 0.534. The van der Waals surface area contributed by atoms with E-state index in [4.69, 9.17) is 4.74 Å². The largest absolute Gasteiger partial charge is 0.496 e. The number of amides is 2. The third-order valence-electron chi connectivity index (χ3n) is 7.43. The quantitative estimate of drug-likeness (QED) is 0.705. The third-order valence-corrected chi connectivity index (χ3v) is 7.43. The monoisotopic (exact) mass is 448 g/mol. The lowest BCUT2D eigenvalue weighted by atomic mass is 9.84. The zero-order chi connectivity index (χ0) is 23.1. The molecule has 8 nitrogen and oxygen atoms in total. The van der Waals surface area contributed by atoms with Gasteiger partial charge in [-0.05, 0) is 55.7 Å². The van der Waals surface area contributed by atoms with Crippen LogP contribution >= 0.6 is 0 Å². The van der Waals surface area contributed by atoms with Gasteiger partial charge in [0.2, 0.25) is 5.91 Å². The van der Waals surface area contributed by atoms with Crippen LogP contribution in [-0.4, -0.2) is 53.2 Å². The number of piperidine rings is 1. The number of nitrogens with one attached hydrogen (secondary N) is 2. The molecule has 172 valence electrons. The van der Waals surface area contributed by atoms with Crippen molar-refractivity contribution in [2.75, 3.05) is 13.7 Å². The number of Topliss-reactive ketones (excluding diaryl/α,β-unsaturated/α-hetero) is 1. The van der Waals surface area contributed by atoms with E-state index in [1.807, 2.05) is 18.2 Å². The number of aromatic amines is 1. The lowest BCUT2D eigenvalue weighted by molar-refractivity contribution is -0.128. The van der Waals surface area contributed by atoms with Crippen molar-refractivity contribution in [2.24, 2.45) is 17.8 Å². The summed E-state index contributed by atoms with van der Waals surface area (Å²) in [5.74, 6) is 0.626. The molecular formula is C25H28N4O4. The van der Waals surface area contributed by atoms with E-state index in [0.717, 1.165) is 36.6 Å². The number of likely N-dealkylation sites (tertiary alicyclic amines) is 1. The number of ketones is 1. The molecule has 5 unspecified atom stereocenters. The Balaban J connectivity index is 1.31. The summed E-state index contributed by atoms with van der Waals surface area (Å²) in [5, 5.41) is 13.3. The molecule has 2 amide bonds. The summed E-state index contributed by atoms with van der Waals surface area (Å²) in [6, 6.07) is 8.17. The van der Waals surface area contributed by atoms with E-state index in [1.165, 1.54) is 0 Å². The van der Waals surface area contributed by atoms with Gasteiger partial charge in [-0.3, -0.25) is 14.4 Å². The van der Waals surface area contributed by atoms with E-state index >= 15 is 0 Å². The first-order valence-corrected chi connectivity index (χ1v) is 11.7. The van der Waals surface area contributed by atoms with Gasteiger partial charge in [0.15, 0.2) is 0 Å². The molecule has 5 rings (SSSR count). The topological polar surface area (TPSA) is 115 Å². The summed E-state index contributed by atoms with van der Waals surface area (Å²) < 4.78 is 5.39. The summed E-state index contributed by atoms with van der Waals surface area (Å²) in [7, 11) is 1.59. The van der Waals surface area contributed by atoms with Crippen LogP contribution in [0.3, 0.4) is 0 Å². The maximum Gasteiger partial charge on any atom is 0.271 e. The number of fused-ring (bicyclic) bond motifs is 2. The first-order valence-electron chi connectivity index (χ1n) is 11.7. The van der Waals surface area contributed by atoms with Gasteiger partial charge >= 0.3 is 0 Å². The van der Waals surface area contributed by atoms with Crippen LogP contribution < -0.4 is 10.1 Å². The number of methoxy groups -OCH3 is 1. The fraction of sp³-hybridized carbons (Fsp3) is 0.520. The minimum Gasteiger partial charge on any atom is -0.496 e. The summed E-state index contributed by atoms with van der Waals surface area (Å²) >= 11 is 0. The van der Waals surface area contributed by atoms with Crippen LogP contribution in [0, 0.1) is 29.1 Å². The minimum absolute atomic E-state index is 0.128. The summed E-state index contributed by atoms with van der Waals surface area (Å²) in [5.41, 5.74) is 1.21. The van der Waals surface area contributed by atoms with Crippen LogP contribution in [0.15, 0.2) is 24.3 Å². The van der Waals surface area contributed by atoms with Gasteiger partial charge in [0.05, 0.1) is 13.2 Å². The van der Waals surface area contributed by atoms with Crippen LogP contribution in [-0.2, 0) is 9.59 Å².